The molecule has 144 valence electrons. The van der Waals surface area contributed by atoms with Crippen LogP contribution in [0.1, 0.15) is 19.4 Å². The van der Waals surface area contributed by atoms with E-state index >= 15 is 0 Å². The van der Waals surface area contributed by atoms with Crippen LogP contribution in [0.3, 0.4) is 0 Å². The van der Waals surface area contributed by atoms with Crippen molar-refractivity contribution in [3.05, 3.63) is 29.0 Å². The lowest BCUT2D eigenvalue weighted by atomic mass is 10.1. The number of nitrogens with zero attached hydrogens (tertiary/aromatic N) is 3. The number of fused-ring (bicyclic) bond motifs is 1. The molecule has 3 aromatic rings. The quantitative estimate of drug-likeness (QED) is 0.454. The average molecular weight is 407 g/mol. The number of aromatic nitrogens is 4. The first-order valence-electron chi connectivity index (χ1n) is 9.03. The number of imidazole rings is 1. The van der Waals surface area contributed by atoms with Crippen LogP contribution in [0.15, 0.2) is 23.6 Å². The van der Waals surface area contributed by atoms with Crippen LogP contribution in [0.5, 0.6) is 5.75 Å². The molecule has 2 heterocycles. The summed E-state index contributed by atoms with van der Waals surface area (Å²) in [7, 11) is 0. The largest absolute Gasteiger partial charge is 0.492 e. The molecule has 0 bridgehead atoms. The van der Waals surface area contributed by atoms with Gasteiger partial charge in [0.15, 0.2) is 11.8 Å². The standard InChI is InChI=1S/C19H24ClN5OS/c1-5-25(6-2)7-8-26-15-10-13(14(20)9-12(15)3)16-17-18(22-11-21-17)24-19(23-16)27-4/h9-11H,5-8H2,1-4H3,(H,21,22,23,24)/p+1. The van der Waals surface area contributed by atoms with E-state index < -0.39 is 0 Å². The van der Waals surface area contributed by atoms with Crippen molar-refractivity contribution in [2.45, 2.75) is 25.9 Å². The number of thioether (sulfide) groups is 1. The fourth-order valence-corrected chi connectivity index (χ4v) is 3.63. The number of hydrogen-bond acceptors (Lipinski definition) is 5. The molecule has 0 amide bonds. The number of nitrogens with one attached hydrogen (secondary N) is 2. The minimum Gasteiger partial charge on any atom is -0.492 e. The van der Waals surface area contributed by atoms with E-state index in [1.807, 2.05) is 25.3 Å². The Labute approximate surface area is 168 Å². The molecule has 0 fully saturated rings. The van der Waals surface area contributed by atoms with Gasteiger partial charge in [-0.25, -0.2) is 9.97 Å². The normalized spacial score (nSPS) is 11.5. The average Bonchev–Trinajstić information content (AvgIpc) is 3.14. The third-order valence-corrected chi connectivity index (χ3v) is 5.44. The number of benzene rings is 1. The summed E-state index contributed by atoms with van der Waals surface area (Å²) in [5.41, 5.74) is 4.19. The monoisotopic (exact) mass is 406 g/mol. The Kier molecular flexibility index (Phi) is 6.57. The maximum absolute atomic E-state index is 6.57. The van der Waals surface area contributed by atoms with Crippen molar-refractivity contribution in [2.24, 2.45) is 0 Å². The van der Waals surface area contributed by atoms with Gasteiger partial charge in [-0.15, -0.1) is 0 Å². The van der Waals surface area contributed by atoms with Crippen LogP contribution in [0, 0.1) is 6.92 Å². The van der Waals surface area contributed by atoms with Crippen molar-refractivity contribution in [3.8, 4) is 17.0 Å². The highest BCUT2D eigenvalue weighted by molar-refractivity contribution is 7.98. The van der Waals surface area contributed by atoms with Gasteiger partial charge in [0.25, 0.3) is 5.16 Å². The number of H-pyrrole nitrogens is 2. The maximum atomic E-state index is 6.57. The van der Waals surface area contributed by atoms with E-state index in [-0.39, 0.29) is 0 Å². The highest BCUT2D eigenvalue weighted by Crippen LogP contribution is 2.36. The van der Waals surface area contributed by atoms with Crippen molar-refractivity contribution < 1.29 is 9.72 Å². The van der Waals surface area contributed by atoms with Crippen LogP contribution in [-0.2, 0) is 0 Å². The van der Waals surface area contributed by atoms with Crippen LogP contribution in [-0.4, -0.2) is 52.3 Å². The first-order chi connectivity index (χ1) is 13.1. The topological polar surface area (TPSA) is 68.2 Å². The zero-order valence-electron chi connectivity index (χ0n) is 16.1. The molecule has 0 saturated carbocycles. The summed E-state index contributed by atoms with van der Waals surface area (Å²) in [5.74, 6) is 0.828. The van der Waals surface area contributed by atoms with E-state index in [2.05, 4.69) is 38.7 Å². The molecule has 0 spiro atoms. The van der Waals surface area contributed by atoms with E-state index in [9.17, 15) is 0 Å². The number of aryl methyl sites for hydroxylation is 1. The number of ether oxygens (including phenoxy) is 1. The van der Waals surface area contributed by atoms with E-state index in [0.29, 0.717) is 16.8 Å². The van der Waals surface area contributed by atoms with E-state index in [1.165, 1.54) is 11.8 Å². The maximum Gasteiger partial charge on any atom is 0.304 e. The molecule has 0 radical (unpaired) electrons. The highest BCUT2D eigenvalue weighted by atomic mass is 35.5. The van der Waals surface area contributed by atoms with E-state index in [4.69, 9.17) is 16.3 Å². The SMILES string of the molecule is CCN(CC)CCOc1cc(-c2nc(SC)nc3[nH+]c[nH]c23)c(Cl)cc1C. The summed E-state index contributed by atoms with van der Waals surface area (Å²) in [6.07, 6.45) is 3.70. The Morgan fingerprint density at radius 2 is 2.04 bits per heavy atom. The molecule has 0 saturated heterocycles. The summed E-state index contributed by atoms with van der Waals surface area (Å²) in [5, 5.41) is 1.33. The number of aromatic amines is 2. The summed E-state index contributed by atoms with van der Waals surface area (Å²) in [4.78, 5) is 17.8. The van der Waals surface area contributed by atoms with Gasteiger partial charge in [0, 0.05) is 12.1 Å². The van der Waals surface area contributed by atoms with Gasteiger partial charge in [-0.2, -0.15) is 0 Å². The van der Waals surface area contributed by atoms with Gasteiger partial charge < -0.3 is 9.64 Å². The minimum atomic E-state index is 0.634. The molecule has 27 heavy (non-hydrogen) atoms. The second-order valence-electron chi connectivity index (χ2n) is 6.19. The van der Waals surface area contributed by atoms with Crippen LogP contribution in [0.4, 0.5) is 0 Å². The van der Waals surface area contributed by atoms with Gasteiger partial charge in [-0.05, 0) is 44.0 Å². The number of rotatable bonds is 8. The zero-order valence-corrected chi connectivity index (χ0v) is 17.7. The molecule has 0 aliphatic heterocycles. The summed E-state index contributed by atoms with van der Waals surface area (Å²) in [6, 6.07) is 3.91. The van der Waals surface area contributed by atoms with Gasteiger partial charge in [0.1, 0.15) is 18.1 Å². The lowest BCUT2D eigenvalue weighted by Gasteiger charge is -2.19. The minimum absolute atomic E-state index is 0.634. The van der Waals surface area contributed by atoms with Gasteiger partial charge in [-0.1, -0.05) is 42.2 Å². The van der Waals surface area contributed by atoms with Crippen molar-refractivity contribution in [2.75, 3.05) is 32.5 Å². The van der Waals surface area contributed by atoms with E-state index in [1.54, 1.807) is 6.33 Å². The predicted octanol–water partition coefficient (Wildman–Crippen LogP) is 3.84. The third-order valence-electron chi connectivity index (χ3n) is 4.58. The second kappa shape index (κ2) is 8.91. The van der Waals surface area contributed by atoms with Crippen LogP contribution in [0.25, 0.3) is 22.4 Å². The van der Waals surface area contributed by atoms with Crippen molar-refractivity contribution in [1.29, 1.82) is 0 Å². The lowest BCUT2D eigenvalue weighted by molar-refractivity contribution is -0.347. The van der Waals surface area contributed by atoms with Crippen molar-refractivity contribution in [1.82, 2.24) is 19.9 Å². The second-order valence-corrected chi connectivity index (χ2v) is 7.37. The Morgan fingerprint density at radius 1 is 1.26 bits per heavy atom. The van der Waals surface area contributed by atoms with Gasteiger partial charge in [0.2, 0.25) is 0 Å². The fraction of sp³-hybridized carbons (Fsp3) is 0.421. The molecular weight excluding hydrogens is 382 g/mol. The molecular formula is C19H25ClN5OS+. The van der Waals surface area contributed by atoms with Crippen molar-refractivity contribution >= 4 is 34.5 Å². The molecule has 0 atom stereocenters. The third kappa shape index (κ3) is 4.36. The molecule has 2 N–H and O–H groups in total. The first-order valence-corrected chi connectivity index (χ1v) is 10.6. The number of likely N-dealkylation sites (N-methyl/N-ethyl adjacent to an activating group) is 1. The van der Waals surface area contributed by atoms with E-state index in [0.717, 1.165) is 53.4 Å². The van der Waals surface area contributed by atoms with Gasteiger partial charge in [-0.3, -0.25) is 4.98 Å². The highest BCUT2D eigenvalue weighted by Gasteiger charge is 2.20. The summed E-state index contributed by atoms with van der Waals surface area (Å²) < 4.78 is 6.07. The number of hydrogen-bond donors (Lipinski definition) is 1. The smallest absolute Gasteiger partial charge is 0.304 e. The molecule has 2 aromatic heterocycles. The van der Waals surface area contributed by atoms with Gasteiger partial charge >= 0.3 is 5.65 Å². The molecule has 0 aliphatic rings. The molecule has 8 heteroatoms. The molecule has 0 aliphatic carbocycles. The number of halogens is 1. The first kappa shape index (κ1) is 19.9. The predicted molar refractivity (Wildman–Crippen MR) is 111 cm³/mol. The molecule has 0 unspecified atom stereocenters. The summed E-state index contributed by atoms with van der Waals surface area (Å²) in [6.45, 7) is 9.89. The molecule has 6 nitrogen and oxygen atoms in total. The summed E-state index contributed by atoms with van der Waals surface area (Å²) >= 11 is 8.07. The van der Waals surface area contributed by atoms with Crippen molar-refractivity contribution in [3.63, 3.8) is 0 Å². The molecule has 1 aromatic carbocycles. The van der Waals surface area contributed by atoms with Crippen LogP contribution >= 0.6 is 23.4 Å². The lowest BCUT2D eigenvalue weighted by Crippen LogP contribution is -2.28. The Morgan fingerprint density at radius 3 is 2.74 bits per heavy atom. The van der Waals surface area contributed by atoms with Crippen LogP contribution < -0.4 is 9.72 Å². The van der Waals surface area contributed by atoms with Gasteiger partial charge in [0.05, 0.1) is 5.02 Å². The zero-order chi connectivity index (χ0) is 19.4. The van der Waals surface area contributed by atoms with Crippen LogP contribution in [0.2, 0.25) is 5.02 Å². The Balaban J connectivity index is 1.96. The molecule has 3 rings (SSSR count). The Hall–Kier alpha value is -1.83. The fourth-order valence-electron chi connectivity index (χ4n) is 2.96. The Bertz CT molecular complexity index is 926.